The van der Waals surface area contributed by atoms with Gasteiger partial charge in [-0.3, -0.25) is 4.79 Å². The van der Waals surface area contributed by atoms with E-state index in [1.807, 2.05) is 13.8 Å². The van der Waals surface area contributed by atoms with Crippen LogP contribution in [0.5, 0.6) is 0 Å². The van der Waals surface area contributed by atoms with Crippen molar-refractivity contribution in [1.82, 2.24) is 20.3 Å². The summed E-state index contributed by atoms with van der Waals surface area (Å²) in [5.41, 5.74) is 7.96. The number of hydrogen-bond acceptors (Lipinski definition) is 3. The molecular formula is C20H26N4OS. The molecule has 0 fully saturated rings. The third-order valence-electron chi connectivity index (χ3n) is 4.65. The van der Waals surface area contributed by atoms with Gasteiger partial charge in [-0.25, -0.2) is 4.98 Å². The summed E-state index contributed by atoms with van der Waals surface area (Å²) in [5, 5.41) is 4.20. The number of nitrogens with zero attached hydrogens (tertiary/aromatic N) is 1. The quantitative estimate of drug-likeness (QED) is 0.555. The van der Waals surface area contributed by atoms with Gasteiger partial charge in [0.1, 0.15) is 0 Å². The number of thioether (sulfide) groups is 1. The van der Waals surface area contributed by atoms with Crippen LogP contribution in [-0.2, 0) is 17.0 Å². The van der Waals surface area contributed by atoms with Gasteiger partial charge in [-0.2, -0.15) is 11.8 Å². The van der Waals surface area contributed by atoms with Crippen molar-refractivity contribution in [2.75, 3.05) is 12.3 Å². The van der Waals surface area contributed by atoms with E-state index in [0.717, 1.165) is 39.7 Å². The second kappa shape index (κ2) is 7.99. The second-order valence-electron chi connectivity index (χ2n) is 6.79. The predicted molar refractivity (Wildman–Crippen MR) is 109 cm³/mol. The Morgan fingerprint density at radius 2 is 2.00 bits per heavy atom. The number of aryl methyl sites for hydroxylation is 4. The summed E-state index contributed by atoms with van der Waals surface area (Å²) in [7, 11) is 0. The highest BCUT2D eigenvalue weighted by Crippen LogP contribution is 2.26. The number of aromatic amines is 2. The van der Waals surface area contributed by atoms with Crippen LogP contribution in [0.3, 0.4) is 0 Å². The number of rotatable bonds is 7. The minimum absolute atomic E-state index is 0.0738. The van der Waals surface area contributed by atoms with Crippen LogP contribution in [-0.4, -0.2) is 33.2 Å². The van der Waals surface area contributed by atoms with E-state index in [4.69, 9.17) is 0 Å². The maximum Gasteiger partial charge on any atom is 0.224 e. The molecule has 1 aromatic carbocycles. The number of nitrogens with one attached hydrogen (secondary N) is 3. The molecule has 0 aliphatic heterocycles. The summed E-state index contributed by atoms with van der Waals surface area (Å²) in [5.74, 6) is 1.82. The van der Waals surface area contributed by atoms with E-state index in [0.29, 0.717) is 13.0 Å². The Balaban J connectivity index is 1.53. The Bertz CT molecular complexity index is 925. The first-order valence-electron chi connectivity index (χ1n) is 8.87. The Hall–Kier alpha value is -2.21. The molecule has 0 radical (unpaired) electrons. The lowest BCUT2D eigenvalue weighted by atomic mass is 10.0. The smallest absolute Gasteiger partial charge is 0.224 e. The average molecular weight is 371 g/mol. The molecule has 3 aromatic rings. The van der Waals surface area contributed by atoms with Gasteiger partial charge in [-0.15, -0.1) is 0 Å². The topological polar surface area (TPSA) is 73.6 Å². The number of fused-ring (bicyclic) bond motifs is 1. The zero-order valence-electron chi connectivity index (χ0n) is 15.8. The van der Waals surface area contributed by atoms with E-state index < -0.39 is 0 Å². The number of carbonyl (C=O) groups is 1. The van der Waals surface area contributed by atoms with Crippen LogP contribution in [0.2, 0.25) is 0 Å². The summed E-state index contributed by atoms with van der Waals surface area (Å²) in [4.78, 5) is 23.2. The van der Waals surface area contributed by atoms with E-state index >= 15 is 0 Å². The van der Waals surface area contributed by atoms with Crippen molar-refractivity contribution in [3.05, 3.63) is 52.2 Å². The molecule has 3 N–H and O–H groups in total. The van der Waals surface area contributed by atoms with Crippen LogP contribution in [0.4, 0.5) is 0 Å². The molecule has 6 heteroatoms. The first-order valence-corrected chi connectivity index (χ1v) is 10.0. The predicted octanol–water partition coefficient (Wildman–Crippen LogP) is 3.72. The Labute approximate surface area is 158 Å². The third-order valence-corrected chi connectivity index (χ3v) is 5.62. The molecule has 0 aliphatic carbocycles. The molecule has 0 saturated carbocycles. The van der Waals surface area contributed by atoms with Crippen molar-refractivity contribution in [2.45, 2.75) is 39.9 Å². The van der Waals surface area contributed by atoms with Crippen LogP contribution < -0.4 is 5.32 Å². The molecule has 0 unspecified atom stereocenters. The summed E-state index contributed by atoms with van der Waals surface area (Å²) >= 11 is 1.78. The van der Waals surface area contributed by atoms with Gasteiger partial charge in [-0.05, 0) is 44.9 Å². The van der Waals surface area contributed by atoms with Gasteiger partial charge in [0, 0.05) is 40.3 Å². The highest BCUT2D eigenvalue weighted by molar-refractivity contribution is 7.98. The van der Waals surface area contributed by atoms with Gasteiger partial charge < -0.3 is 15.3 Å². The molecule has 2 heterocycles. The highest BCUT2D eigenvalue weighted by Gasteiger charge is 2.14. The van der Waals surface area contributed by atoms with Crippen molar-refractivity contribution in [3.8, 4) is 0 Å². The van der Waals surface area contributed by atoms with E-state index in [1.54, 1.807) is 18.1 Å². The van der Waals surface area contributed by atoms with E-state index in [9.17, 15) is 4.79 Å². The lowest BCUT2D eigenvalue weighted by Crippen LogP contribution is -2.27. The van der Waals surface area contributed by atoms with Gasteiger partial charge in [0.25, 0.3) is 0 Å². The first kappa shape index (κ1) is 18.6. The molecular weight excluding hydrogens is 344 g/mol. The normalized spacial score (nSPS) is 11.2. The van der Waals surface area contributed by atoms with E-state index in [2.05, 4.69) is 46.2 Å². The lowest BCUT2D eigenvalue weighted by molar-refractivity contribution is -0.120. The molecule has 3 rings (SSSR count). The fourth-order valence-corrected chi connectivity index (χ4v) is 4.13. The highest BCUT2D eigenvalue weighted by atomic mass is 32.2. The van der Waals surface area contributed by atoms with Crippen LogP contribution in [0.1, 0.15) is 33.8 Å². The van der Waals surface area contributed by atoms with Crippen molar-refractivity contribution >= 4 is 28.6 Å². The van der Waals surface area contributed by atoms with Crippen LogP contribution in [0.25, 0.3) is 10.9 Å². The number of amides is 1. The molecule has 0 aliphatic rings. The monoisotopic (exact) mass is 370 g/mol. The lowest BCUT2D eigenvalue weighted by Gasteiger charge is -2.06. The molecule has 5 nitrogen and oxygen atoms in total. The van der Waals surface area contributed by atoms with Gasteiger partial charge in [0.05, 0.1) is 18.4 Å². The van der Waals surface area contributed by atoms with E-state index in [1.165, 1.54) is 16.5 Å². The number of carbonyl (C=O) groups excluding carboxylic acids is 1. The molecule has 26 heavy (non-hydrogen) atoms. The number of aromatic nitrogens is 3. The second-order valence-corrected chi connectivity index (χ2v) is 7.89. The summed E-state index contributed by atoms with van der Waals surface area (Å²) in [6, 6.07) is 4.33. The van der Waals surface area contributed by atoms with Crippen LogP contribution >= 0.6 is 11.8 Å². The Kier molecular flexibility index (Phi) is 5.71. The minimum atomic E-state index is 0.0738. The fourth-order valence-electron chi connectivity index (χ4n) is 3.25. The van der Waals surface area contributed by atoms with Gasteiger partial charge in [0.2, 0.25) is 5.91 Å². The molecule has 0 bridgehead atoms. The summed E-state index contributed by atoms with van der Waals surface area (Å²) in [6.45, 7) is 8.94. The molecule has 0 saturated heterocycles. The average Bonchev–Trinajstić information content (AvgIpc) is 3.12. The third kappa shape index (κ3) is 4.12. The maximum absolute atomic E-state index is 12.4. The maximum atomic E-state index is 12.4. The van der Waals surface area contributed by atoms with Crippen molar-refractivity contribution in [3.63, 3.8) is 0 Å². The number of benzene rings is 1. The number of H-pyrrole nitrogens is 2. The van der Waals surface area contributed by atoms with Crippen LogP contribution in [0, 0.1) is 27.7 Å². The number of imidazole rings is 1. The van der Waals surface area contributed by atoms with Crippen molar-refractivity contribution in [1.29, 1.82) is 0 Å². The standard InChI is InChI=1S/C20H26N4OS/c1-12-7-13(2)20-17(8-12)16(14(3)24-20)9-19(25)21-5-6-26-10-18-15(4)22-11-23-18/h7-8,11,24H,5-6,9-10H2,1-4H3,(H,21,25)(H,22,23). The van der Waals surface area contributed by atoms with Gasteiger partial charge >= 0.3 is 0 Å². The van der Waals surface area contributed by atoms with Crippen LogP contribution in [0.15, 0.2) is 18.5 Å². The molecule has 0 spiro atoms. The molecule has 1 amide bonds. The Morgan fingerprint density at radius 1 is 1.19 bits per heavy atom. The first-order chi connectivity index (χ1) is 12.5. The summed E-state index contributed by atoms with van der Waals surface area (Å²) < 4.78 is 0. The largest absolute Gasteiger partial charge is 0.358 e. The Morgan fingerprint density at radius 3 is 2.73 bits per heavy atom. The number of hydrogen-bond donors (Lipinski definition) is 3. The zero-order chi connectivity index (χ0) is 18.7. The van der Waals surface area contributed by atoms with Gasteiger partial charge in [-0.1, -0.05) is 11.6 Å². The zero-order valence-corrected chi connectivity index (χ0v) is 16.6. The fraction of sp³-hybridized carbons (Fsp3) is 0.400. The van der Waals surface area contributed by atoms with Crippen molar-refractivity contribution < 1.29 is 4.79 Å². The van der Waals surface area contributed by atoms with Crippen molar-refractivity contribution in [2.24, 2.45) is 0 Å². The van der Waals surface area contributed by atoms with E-state index in [-0.39, 0.29) is 5.91 Å². The summed E-state index contributed by atoms with van der Waals surface area (Å²) in [6.07, 6.45) is 2.14. The molecule has 138 valence electrons. The SMILES string of the molecule is Cc1cc(C)c2[nH]c(C)c(CC(=O)NCCSCc3nc[nH]c3C)c2c1. The minimum Gasteiger partial charge on any atom is -0.358 e. The molecule has 2 aromatic heterocycles. The van der Waals surface area contributed by atoms with Gasteiger partial charge in [0.15, 0.2) is 0 Å². The molecule has 0 atom stereocenters.